The van der Waals surface area contributed by atoms with Crippen LogP contribution in [0.5, 0.6) is 17.2 Å². The van der Waals surface area contributed by atoms with Gasteiger partial charge >= 0.3 is 5.97 Å². The van der Waals surface area contributed by atoms with Gasteiger partial charge in [-0.1, -0.05) is 12.1 Å². The quantitative estimate of drug-likeness (QED) is 0.445. The van der Waals surface area contributed by atoms with E-state index in [-0.39, 0.29) is 40.9 Å². The van der Waals surface area contributed by atoms with Crippen molar-refractivity contribution in [3.05, 3.63) is 77.4 Å². The molecule has 4 nitrogen and oxygen atoms in total. The van der Waals surface area contributed by atoms with E-state index >= 15 is 0 Å². The first-order valence-corrected chi connectivity index (χ1v) is 9.81. The highest BCUT2D eigenvalue weighted by Gasteiger charge is 2.43. The topological polar surface area (TPSA) is 55.8 Å². The van der Waals surface area contributed by atoms with Crippen LogP contribution in [-0.4, -0.2) is 17.7 Å². The summed E-state index contributed by atoms with van der Waals surface area (Å²) in [7, 11) is 0. The normalized spacial score (nSPS) is 17.2. The second kappa shape index (κ2) is 8.53. The maximum Gasteiger partial charge on any atom is 0.306 e. The van der Waals surface area contributed by atoms with Crippen molar-refractivity contribution in [3.8, 4) is 28.4 Å². The Morgan fingerprint density at radius 1 is 0.969 bits per heavy atom. The van der Waals surface area contributed by atoms with Crippen LogP contribution in [0.25, 0.3) is 11.1 Å². The molecule has 1 saturated carbocycles. The van der Waals surface area contributed by atoms with Gasteiger partial charge in [0.2, 0.25) is 0 Å². The number of halogens is 4. The summed E-state index contributed by atoms with van der Waals surface area (Å²) >= 11 is 0. The lowest BCUT2D eigenvalue weighted by Gasteiger charge is -2.12. The van der Waals surface area contributed by atoms with E-state index < -0.39 is 35.2 Å². The Morgan fingerprint density at radius 2 is 1.72 bits per heavy atom. The molecule has 3 aromatic rings. The van der Waals surface area contributed by atoms with Gasteiger partial charge in [0.05, 0.1) is 12.5 Å². The molecule has 2 atom stereocenters. The van der Waals surface area contributed by atoms with Crippen LogP contribution in [0, 0.1) is 42.0 Å². The van der Waals surface area contributed by atoms with Gasteiger partial charge in [-0.25, -0.2) is 17.6 Å². The number of carboxylic acids is 1. The summed E-state index contributed by atoms with van der Waals surface area (Å²) in [4.78, 5) is 10.9. The maximum atomic E-state index is 14.5. The number of aliphatic carboxylic acids is 1. The predicted octanol–water partition coefficient (Wildman–Crippen LogP) is 6.11. The lowest BCUT2D eigenvalue weighted by Crippen LogP contribution is -2.07. The monoisotopic (exact) mass is 446 g/mol. The Labute approximate surface area is 181 Å². The molecule has 1 aliphatic carbocycles. The van der Waals surface area contributed by atoms with E-state index in [9.17, 15) is 22.4 Å². The second-order valence-corrected chi connectivity index (χ2v) is 7.68. The number of hydrogen-bond acceptors (Lipinski definition) is 3. The first-order valence-electron chi connectivity index (χ1n) is 9.81. The third-order valence-electron chi connectivity index (χ3n) is 5.32. The van der Waals surface area contributed by atoms with Crippen molar-refractivity contribution in [2.75, 3.05) is 6.61 Å². The highest BCUT2D eigenvalue weighted by atomic mass is 19.2. The van der Waals surface area contributed by atoms with Crippen molar-refractivity contribution in [2.45, 2.75) is 13.3 Å². The molecule has 0 saturated heterocycles. The van der Waals surface area contributed by atoms with Crippen molar-refractivity contribution < 1.29 is 36.9 Å². The number of aryl methyl sites for hydroxylation is 1. The Balaban J connectivity index is 1.55. The maximum absolute atomic E-state index is 14.5. The van der Waals surface area contributed by atoms with Crippen LogP contribution < -0.4 is 9.47 Å². The van der Waals surface area contributed by atoms with Gasteiger partial charge in [0, 0.05) is 23.6 Å². The number of hydrogen-bond donors (Lipinski definition) is 1. The summed E-state index contributed by atoms with van der Waals surface area (Å²) in [6.07, 6.45) is 0.469. The van der Waals surface area contributed by atoms with Crippen molar-refractivity contribution in [2.24, 2.45) is 11.8 Å². The SMILES string of the molecule is Cc1ccc(Oc2cc(F)c(F)c(-c3ccc(OCC4CC4C(=O)O)c(F)c3)c2)cc1F. The molecule has 1 aliphatic rings. The first-order chi connectivity index (χ1) is 15.2. The Hall–Kier alpha value is -3.55. The Kier molecular flexibility index (Phi) is 5.78. The van der Waals surface area contributed by atoms with Crippen molar-refractivity contribution in [3.63, 3.8) is 0 Å². The minimum absolute atomic E-state index is 0.0432. The first kappa shape index (κ1) is 21.7. The fourth-order valence-electron chi connectivity index (χ4n) is 3.32. The molecule has 2 unspecified atom stereocenters. The molecule has 4 rings (SSSR count). The van der Waals surface area contributed by atoms with E-state index in [1.807, 2.05) is 0 Å². The number of rotatable bonds is 7. The molecule has 32 heavy (non-hydrogen) atoms. The molecule has 166 valence electrons. The summed E-state index contributed by atoms with van der Waals surface area (Å²) < 4.78 is 67.6. The molecule has 1 fully saturated rings. The average molecular weight is 446 g/mol. The summed E-state index contributed by atoms with van der Waals surface area (Å²) in [5.41, 5.74) is 0.203. The zero-order chi connectivity index (χ0) is 23.0. The van der Waals surface area contributed by atoms with Crippen LogP contribution >= 0.6 is 0 Å². The minimum Gasteiger partial charge on any atom is -0.490 e. The van der Waals surface area contributed by atoms with Crippen molar-refractivity contribution in [1.82, 2.24) is 0 Å². The van der Waals surface area contributed by atoms with Crippen molar-refractivity contribution >= 4 is 5.97 Å². The molecule has 0 aliphatic heterocycles. The number of benzene rings is 3. The van der Waals surface area contributed by atoms with Gasteiger partial charge in [0.15, 0.2) is 23.2 Å². The molecule has 0 spiro atoms. The smallest absolute Gasteiger partial charge is 0.306 e. The zero-order valence-electron chi connectivity index (χ0n) is 16.9. The van der Waals surface area contributed by atoms with Gasteiger partial charge in [0.25, 0.3) is 0 Å². The van der Waals surface area contributed by atoms with Crippen LogP contribution in [0.3, 0.4) is 0 Å². The Bertz CT molecular complexity index is 1190. The standard InChI is InChI=1S/C24H18F4O4/c1-12-2-4-15(9-19(12)25)32-16-8-17(23(28)21(27)10-16)13-3-5-22(20(26)7-13)31-11-14-6-18(14)24(29)30/h2-5,7-10,14,18H,6,11H2,1H3,(H,29,30). The molecule has 0 radical (unpaired) electrons. The van der Waals surface area contributed by atoms with Gasteiger partial charge in [0.1, 0.15) is 17.3 Å². The largest absolute Gasteiger partial charge is 0.490 e. The average Bonchev–Trinajstić information content (AvgIpc) is 3.52. The third-order valence-corrected chi connectivity index (χ3v) is 5.32. The van der Waals surface area contributed by atoms with Crippen LogP contribution in [0.4, 0.5) is 17.6 Å². The lowest BCUT2D eigenvalue weighted by atomic mass is 10.0. The van der Waals surface area contributed by atoms with E-state index in [0.717, 1.165) is 18.2 Å². The van der Waals surface area contributed by atoms with Crippen LogP contribution in [0.15, 0.2) is 48.5 Å². The van der Waals surface area contributed by atoms with Crippen LogP contribution in [0.2, 0.25) is 0 Å². The second-order valence-electron chi connectivity index (χ2n) is 7.68. The fourth-order valence-corrected chi connectivity index (χ4v) is 3.32. The van der Waals surface area contributed by atoms with Gasteiger partial charge in [-0.2, -0.15) is 0 Å². The summed E-state index contributed by atoms with van der Waals surface area (Å²) in [5, 5.41) is 8.90. The molecule has 0 heterocycles. The predicted molar refractivity (Wildman–Crippen MR) is 108 cm³/mol. The molecule has 0 aromatic heterocycles. The van der Waals surface area contributed by atoms with Crippen LogP contribution in [0.1, 0.15) is 12.0 Å². The van der Waals surface area contributed by atoms with Gasteiger partial charge in [-0.15, -0.1) is 0 Å². The number of carboxylic acid groups (broad SMARTS) is 1. The lowest BCUT2D eigenvalue weighted by molar-refractivity contribution is -0.138. The summed E-state index contributed by atoms with van der Waals surface area (Å²) in [5.74, 6) is -5.41. The van der Waals surface area contributed by atoms with Crippen LogP contribution in [-0.2, 0) is 4.79 Å². The van der Waals surface area contributed by atoms with E-state index in [4.69, 9.17) is 14.6 Å². The molecule has 0 amide bonds. The highest BCUT2D eigenvalue weighted by Crippen LogP contribution is 2.39. The van der Waals surface area contributed by atoms with Crippen molar-refractivity contribution in [1.29, 1.82) is 0 Å². The zero-order valence-corrected chi connectivity index (χ0v) is 16.9. The number of carbonyl (C=O) groups is 1. The third kappa shape index (κ3) is 4.54. The molecule has 1 N–H and O–H groups in total. The number of ether oxygens (including phenoxy) is 2. The molecular formula is C24H18F4O4. The van der Waals surface area contributed by atoms with E-state index in [0.29, 0.717) is 12.0 Å². The molecule has 8 heteroatoms. The van der Waals surface area contributed by atoms with Gasteiger partial charge < -0.3 is 14.6 Å². The summed E-state index contributed by atoms with van der Waals surface area (Å²) in [6.45, 7) is 1.62. The minimum atomic E-state index is -1.21. The Morgan fingerprint density at radius 3 is 2.38 bits per heavy atom. The van der Waals surface area contributed by atoms with E-state index in [1.54, 1.807) is 6.92 Å². The molecular weight excluding hydrogens is 428 g/mol. The van der Waals surface area contributed by atoms with Gasteiger partial charge in [-0.05, 0) is 48.7 Å². The molecule has 0 bridgehead atoms. The van der Waals surface area contributed by atoms with E-state index in [1.165, 1.54) is 30.3 Å². The molecule has 3 aromatic carbocycles. The summed E-state index contributed by atoms with van der Waals surface area (Å²) in [6, 6.07) is 9.71. The van der Waals surface area contributed by atoms with Gasteiger partial charge in [-0.3, -0.25) is 4.79 Å². The van der Waals surface area contributed by atoms with E-state index in [2.05, 4.69) is 0 Å². The highest BCUT2D eigenvalue weighted by molar-refractivity contribution is 5.73. The fraction of sp³-hybridized carbons (Fsp3) is 0.208.